The minimum Gasteiger partial charge on any atom is -0.482 e. The van der Waals surface area contributed by atoms with Crippen LogP contribution in [0, 0.1) is 5.92 Å². The van der Waals surface area contributed by atoms with Gasteiger partial charge in [0, 0.05) is 19.6 Å². The lowest BCUT2D eigenvalue weighted by Crippen LogP contribution is -2.44. The van der Waals surface area contributed by atoms with Crippen LogP contribution >= 0.6 is 0 Å². The highest BCUT2D eigenvalue weighted by Gasteiger charge is 2.29. The Kier molecular flexibility index (Phi) is 2.33. The van der Waals surface area contributed by atoms with Crippen LogP contribution in [0.3, 0.4) is 0 Å². The van der Waals surface area contributed by atoms with Crippen molar-refractivity contribution < 1.29 is 9.53 Å². The number of nitrogens with one attached hydrogen (secondary N) is 1. The van der Waals surface area contributed by atoms with Gasteiger partial charge in [0.05, 0.1) is 5.69 Å². The van der Waals surface area contributed by atoms with Crippen LogP contribution < -0.4 is 15.0 Å². The molecule has 1 amide bonds. The fraction of sp³-hybridized carbons (Fsp3) is 0.462. The predicted octanol–water partition coefficient (Wildman–Crippen LogP) is 1.32. The number of carbonyl (C=O) groups excluding carboxylic acids is 1. The van der Waals surface area contributed by atoms with Crippen LogP contribution in [0.5, 0.6) is 5.75 Å². The molecule has 0 aromatic heterocycles. The lowest BCUT2D eigenvalue weighted by Gasteiger charge is -2.37. The Balaban J connectivity index is 1.97. The summed E-state index contributed by atoms with van der Waals surface area (Å²) in [6.45, 7) is 3.43. The molecule has 0 saturated carbocycles. The summed E-state index contributed by atoms with van der Waals surface area (Å²) in [5.74, 6) is 1.45. The number of benzene rings is 1. The zero-order chi connectivity index (χ0) is 12.0. The molecule has 3 rings (SSSR count). The average Bonchev–Trinajstić information content (AvgIpc) is 2.32. The number of hydrogen-bond acceptors (Lipinski definition) is 3. The summed E-state index contributed by atoms with van der Waals surface area (Å²) in [5.41, 5.74) is 2.10. The number of rotatable bonds is 1. The molecule has 2 unspecified atom stereocenters. The molecule has 1 N–H and O–H groups in total. The minimum absolute atomic E-state index is 0.00395. The van der Waals surface area contributed by atoms with Crippen molar-refractivity contribution in [2.75, 3.05) is 25.1 Å². The topological polar surface area (TPSA) is 41.6 Å². The van der Waals surface area contributed by atoms with E-state index in [1.165, 1.54) is 5.56 Å². The minimum atomic E-state index is 0.00395. The van der Waals surface area contributed by atoms with Gasteiger partial charge >= 0.3 is 0 Å². The van der Waals surface area contributed by atoms with E-state index in [1.807, 2.05) is 6.07 Å². The highest BCUT2D eigenvalue weighted by molar-refractivity contribution is 5.97. The standard InChI is InChI=1S/C13H16N2O2/c1-8-6-14-13(8)9-3-4-11-10(5-9)15(2)12(16)7-17-11/h3-5,8,13-14H,6-7H2,1-2H3. The first kappa shape index (κ1) is 10.6. The monoisotopic (exact) mass is 232 g/mol. The van der Waals surface area contributed by atoms with Crippen LogP contribution in [-0.4, -0.2) is 26.1 Å². The van der Waals surface area contributed by atoms with Crippen molar-refractivity contribution in [3.05, 3.63) is 23.8 Å². The summed E-state index contributed by atoms with van der Waals surface area (Å²) in [5, 5.41) is 3.40. The first-order valence-electron chi connectivity index (χ1n) is 5.93. The molecule has 1 aromatic carbocycles. The van der Waals surface area contributed by atoms with E-state index in [0.29, 0.717) is 12.0 Å². The van der Waals surface area contributed by atoms with Crippen molar-refractivity contribution in [1.82, 2.24) is 5.32 Å². The maximum atomic E-state index is 11.6. The zero-order valence-corrected chi connectivity index (χ0v) is 10.1. The molecular formula is C13H16N2O2. The molecular weight excluding hydrogens is 216 g/mol. The highest BCUT2D eigenvalue weighted by atomic mass is 16.5. The smallest absolute Gasteiger partial charge is 0.264 e. The first-order chi connectivity index (χ1) is 8.16. The van der Waals surface area contributed by atoms with E-state index in [9.17, 15) is 4.79 Å². The normalized spacial score (nSPS) is 27.2. The Labute approximate surface area is 101 Å². The number of likely N-dealkylation sites (N-methyl/N-ethyl adjacent to an activating group) is 1. The lowest BCUT2D eigenvalue weighted by molar-refractivity contribution is -0.120. The molecule has 4 nitrogen and oxygen atoms in total. The third kappa shape index (κ3) is 1.60. The van der Waals surface area contributed by atoms with Crippen molar-refractivity contribution in [2.24, 2.45) is 5.92 Å². The van der Waals surface area contributed by atoms with Crippen LogP contribution in [-0.2, 0) is 4.79 Å². The molecule has 1 saturated heterocycles. The third-order valence-electron chi connectivity index (χ3n) is 3.66. The number of ether oxygens (including phenoxy) is 1. The number of hydrogen-bond donors (Lipinski definition) is 1. The van der Waals surface area contributed by atoms with E-state index in [2.05, 4.69) is 24.4 Å². The summed E-state index contributed by atoms with van der Waals surface area (Å²) < 4.78 is 5.41. The Hall–Kier alpha value is -1.55. The predicted molar refractivity (Wildman–Crippen MR) is 65.3 cm³/mol. The second-order valence-corrected chi connectivity index (χ2v) is 4.83. The van der Waals surface area contributed by atoms with Gasteiger partial charge in [0.2, 0.25) is 0 Å². The maximum Gasteiger partial charge on any atom is 0.264 e. The average molecular weight is 232 g/mol. The quantitative estimate of drug-likeness (QED) is 0.794. The Morgan fingerprint density at radius 2 is 2.29 bits per heavy atom. The second kappa shape index (κ2) is 3.74. The third-order valence-corrected chi connectivity index (χ3v) is 3.66. The van der Waals surface area contributed by atoms with Gasteiger partial charge in [-0.3, -0.25) is 4.79 Å². The van der Waals surface area contributed by atoms with Gasteiger partial charge in [-0.15, -0.1) is 0 Å². The fourth-order valence-electron chi connectivity index (χ4n) is 2.40. The number of fused-ring (bicyclic) bond motifs is 1. The van der Waals surface area contributed by atoms with Crippen molar-refractivity contribution in [2.45, 2.75) is 13.0 Å². The second-order valence-electron chi connectivity index (χ2n) is 4.83. The largest absolute Gasteiger partial charge is 0.482 e. The molecule has 2 heterocycles. The van der Waals surface area contributed by atoms with Crippen molar-refractivity contribution in [3.63, 3.8) is 0 Å². The van der Waals surface area contributed by atoms with E-state index >= 15 is 0 Å². The first-order valence-corrected chi connectivity index (χ1v) is 5.93. The van der Waals surface area contributed by atoms with Gasteiger partial charge in [-0.25, -0.2) is 0 Å². The van der Waals surface area contributed by atoms with Gasteiger partial charge < -0.3 is 15.0 Å². The van der Waals surface area contributed by atoms with E-state index < -0.39 is 0 Å². The zero-order valence-electron chi connectivity index (χ0n) is 10.1. The van der Waals surface area contributed by atoms with Crippen LogP contribution in [0.1, 0.15) is 18.5 Å². The molecule has 0 radical (unpaired) electrons. The molecule has 1 fully saturated rings. The van der Waals surface area contributed by atoms with Crippen molar-refractivity contribution in [3.8, 4) is 5.75 Å². The SMILES string of the molecule is CC1CNC1c1ccc2c(c1)N(C)C(=O)CO2. The van der Waals surface area contributed by atoms with Crippen LogP contribution in [0.2, 0.25) is 0 Å². The summed E-state index contributed by atoms with van der Waals surface area (Å²) >= 11 is 0. The van der Waals surface area contributed by atoms with Crippen molar-refractivity contribution >= 4 is 11.6 Å². The summed E-state index contributed by atoms with van der Waals surface area (Å²) in [6, 6.07) is 6.50. The Bertz CT molecular complexity index is 472. The molecule has 0 aliphatic carbocycles. The molecule has 4 heteroatoms. The van der Waals surface area contributed by atoms with Gasteiger partial charge in [-0.2, -0.15) is 0 Å². The number of nitrogens with zero attached hydrogens (tertiary/aromatic N) is 1. The number of amides is 1. The fourth-order valence-corrected chi connectivity index (χ4v) is 2.40. The number of carbonyl (C=O) groups is 1. The Morgan fingerprint density at radius 3 is 2.94 bits per heavy atom. The van der Waals surface area contributed by atoms with Gasteiger partial charge in [0.1, 0.15) is 5.75 Å². The van der Waals surface area contributed by atoms with E-state index in [0.717, 1.165) is 18.0 Å². The highest BCUT2D eigenvalue weighted by Crippen LogP contribution is 2.37. The van der Waals surface area contributed by atoms with Gasteiger partial charge in [-0.1, -0.05) is 13.0 Å². The van der Waals surface area contributed by atoms with Crippen molar-refractivity contribution in [1.29, 1.82) is 0 Å². The van der Waals surface area contributed by atoms with Gasteiger partial charge in [-0.05, 0) is 23.6 Å². The van der Waals surface area contributed by atoms with Gasteiger partial charge in [0.15, 0.2) is 6.61 Å². The molecule has 1 aromatic rings. The van der Waals surface area contributed by atoms with E-state index in [1.54, 1.807) is 11.9 Å². The molecule has 0 bridgehead atoms. The summed E-state index contributed by atoms with van der Waals surface area (Å²) in [7, 11) is 1.80. The van der Waals surface area contributed by atoms with E-state index in [4.69, 9.17) is 4.74 Å². The summed E-state index contributed by atoms with van der Waals surface area (Å²) in [6.07, 6.45) is 0. The summed E-state index contributed by atoms with van der Waals surface area (Å²) in [4.78, 5) is 13.2. The van der Waals surface area contributed by atoms with E-state index in [-0.39, 0.29) is 12.5 Å². The molecule has 2 aliphatic rings. The van der Waals surface area contributed by atoms with Gasteiger partial charge in [0.25, 0.3) is 5.91 Å². The maximum absolute atomic E-state index is 11.6. The number of anilines is 1. The molecule has 2 atom stereocenters. The van der Waals surface area contributed by atoms with Crippen LogP contribution in [0.4, 0.5) is 5.69 Å². The molecule has 17 heavy (non-hydrogen) atoms. The lowest BCUT2D eigenvalue weighted by atomic mass is 9.87. The molecule has 90 valence electrons. The van der Waals surface area contributed by atoms with Crippen LogP contribution in [0.15, 0.2) is 18.2 Å². The van der Waals surface area contributed by atoms with Crippen LogP contribution in [0.25, 0.3) is 0 Å². The molecule has 0 spiro atoms. The molecule has 2 aliphatic heterocycles. The Morgan fingerprint density at radius 1 is 1.47 bits per heavy atom.